The van der Waals surface area contributed by atoms with Gasteiger partial charge >= 0.3 is 0 Å². The number of nitrogens with one attached hydrogen (secondary N) is 3. The minimum absolute atomic E-state index is 0. The number of carbonyl (C=O) groups is 1. The fourth-order valence-corrected chi connectivity index (χ4v) is 3.86. The van der Waals surface area contributed by atoms with Crippen LogP contribution in [0.2, 0.25) is 0 Å². The number of amides is 1. The van der Waals surface area contributed by atoms with Crippen LogP contribution in [0, 0.1) is 5.92 Å². The van der Waals surface area contributed by atoms with Crippen LogP contribution in [0.4, 0.5) is 0 Å². The predicted octanol–water partition coefficient (Wildman–Crippen LogP) is 3.07. The largest absolute Gasteiger partial charge is 0.354 e. The third-order valence-corrected chi connectivity index (χ3v) is 5.42. The van der Waals surface area contributed by atoms with Gasteiger partial charge in [0.1, 0.15) is 0 Å². The van der Waals surface area contributed by atoms with Gasteiger partial charge in [0.25, 0.3) is 0 Å². The third-order valence-electron chi connectivity index (χ3n) is 4.38. The van der Waals surface area contributed by atoms with E-state index in [9.17, 15) is 4.79 Å². The minimum atomic E-state index is 0. The second-order valence-electron chi connectivity index (χ2n) is 6.88. The Bertz CT molecular complexity index is 590. The lowest BCUT2D eigenvalue weighted by Gasteiger charge is -2.30. The van der Waals surface area contributed by atoms with Crippen LogP contribution >= 0.6 is 35.3 Å². The number of thiazole rings is 1. The summed E-state index contributed by atoms with van der Waals surface area (Å²) in [5, 5.41) is 13.1. The SMILES string of the molecule is CCc1nc(CNC(=NC)NC2CCCC(C(=O)NC(C)C)C2)cs1.I. The van der Waals surface area contributed by atoms with Gasteiger partial charge in [0.15, 0.2) is 5.96 Å². The van der Waals surface area contributed by atoms with Gasteiger partial charge in [-0.15, -0.1) is 35.3 Å². The number of nitrogens with zero attached hydrogens (tertiary/aromatic N) is 2. The Morgan fingerprint density at radius 1 is 1.42 bits per heavy atom. The summed E-state index contributed by atoms with van der Waals surface area (Å²) in [6, 6.07) is 0.478. The number of aromatic nitrogens is 1. The van der Waals surface area contributed by atoms with Crippen LogP contribution in [0.1, 0.15) is 57.2 Å². The lowest BCUT2D eigenvalue weighted by molar-refractivity contribution is -0.126. The Labute approximate surface area is 178 Å². The van der Waals surface area contributed by atoms with Crippen molar-refractivity contribution in [2.75, 3.05) is 7.05 Å². The van der Waals surface area contributed by atoms with Gasteiger partial charge < -0.3 is 16.0 Å². The molecular formula is C18H32IN5OS. The molecule has 2 atom stereocenters. The van der Waals surface area contributed by atoms with Crippen molar-refractivity contribution in [3.63, 3.8) is 0 Å². The average Bonchev–Trinajstić information content (AvgIpc) is 3.06. The van der Waals surface area contributed by atoms with Crippen molar-refractivity contribution < 1.29 is 4.79 Å². The summed E-state index contributed by atoms with van der Waals surface area (Å²) in [4.78, 5) is 21.1. The van der Waals surface area contributed by atoms with Gasteiger partial charge in [-0.2, -0.15) is 0 Å². The molecule has 26 heavy (non-hydrogen) atoms. The summed E-state index contributed by atoms with van der Waals surface area (Å²) in [5.41, 5.74) is 1.04. The molecular weight excluding hydrogens is 461 g/mol. The Balaban J connectivity index is 0.00000338. The summed E-state index contributed by atoms with van der Waals surface area (Å²) < 4.78 is 0. The van der Waals surface area contributed by atoms with Crippen molar-refractivity contribution >= 4 is 47.2 Å². The maximum atomic E-state index is 12.3. The van der Waals surface area contributed by atoms with Crippen LogP contribution in [-0.2, 0) is 17.8 Å². The quantitative estimate of drug-likeness (QED) is 0.324. The van der Waals surface area contributed by atoms with Gasteiger partial charge in [-0.05, 0) is 39.5 Å². The van der Waals surface area contributed by atoms with Gasteiger partial charge in [0, 0.05) is 30.4 Å². The van der Waals surface area contributed by atoms with E-state index < -0.39 is 0 Å². The smallest absolute Gasteiger partial charge is 0.223 e. The molecule has 1 saturated carbocycles. The number of hydrogen-bond donors (Lipinski definition) is 3. The first-order valence-electron chi connectivity index (χ1n) is 9.22. The lowest BCUT2D eigenvalue weighted by atomic mass is 9.85. The van der Waals surface area contributed by atoms with Crippen LogP contribution in [0.25, 0.3) is 0 Å². The van der Waals surface area contributed by atoms with Crippen molar-refractivity contribution in [2.24, 2.45) is 10.9 Å². The molecule has 8 heteroatoms. The molecule has 0 radical (unpaired) electrons. The monoisotopic (exact) mass is 493 g/mol. The van der Waals surface area contributed by atoms with E-state index in [1.165, 1.54) is 0 Å². The van der Waals surface area contributed by atoms with Crippen LogP contribution in [0.3, 0.4) is 0 Å². The molecule has 1 heterocycles. The van der Waals surface area contributed by atoms with Gasteiger partial charge in [-0.3, -0.25) is 9.79 Å². The molecule has 0 spiro atoms. The minimum Gasteiger partial charge on any atom is -0.354 e. The molecule has 1 aliphatic carbocycles. The summed E-state index contributed by atoms with van der Waals surface area (Å²) >= 11 is 1.70. The van der Waals surface area contributed by atoms with Crippen molar-refractivity contribution in [3.8, 4) is 0 Å². The highest BCUT2D eigenvalue weighted by Crippen LogP contribution is 2.24. The molecule has 1 fully saturated rings. The maximum Gasteiger partial charge on any atom is 0.223 e. The zero-order chi connectivity index (χ0) is 18.2. The van der Waals surface area contributed by atoms with Crippen LogP contribution in [0.5, 0.6) is 0 Å². The Morgan fingerprint density at radius 3 is 2.81 bits per heavy atom. The van der Waals surface area contributed by atoms with E-state index in [0.29, 0.717) is 6.54 Å². The van der Waals surface area contributed by atoms with E-state index in [1.807, 2.05) is 13.8 Å². The van der Waals surface area contributed by atoms with E-state index in [-0.39, 0.29) is 47.9 Å². The molecule has 1 aliphatic rings. The molecule has 0 aliphatic heterocycles. The van der Waals surface area contributed by atoms with E-state index in [1.54, 1.807) is 18.4 Å². The molecule has 148 valence electrons. The van der Waals surface area contributed by atoms with Crippen LogP contribution < -0.4 is 16.0 Å². The zero-order valence-corrected chi connectivity index (χ0v) is 19.3. The first kappa shape index (κ1) is 23.1. The van der Waals surface area contributed by atoms with Gasteiger partial charge in [-0.1, -0.05) is 13.3 Å². The summed E-state index contributed by atoms with van der Waals surface area (Å²) in [6.07, 6.45) is 4.94. The summed E-state index contributed by atoms with van der Waals surface area (Å²) in [5.74, 6) is 1.05. The van der Waals surface area contributed by atoms with Crippen molar-refractivity contribution in [2.45, 2.75) is 71.5 Å². The molecule has 2 rings (SSSR count). The topological polar surface area (TPSA) is 78.4 Å². The Kier molecular flexibility index (Phi) is 10.4. The normalized spacial score (nSPS) is 20.4. The van der Waals surface area contributed by atoms with Crippen molar-refractivity contribution in [1.29, 1.82) is 0 Å². The molecule has 1 amide bonds. The highest BCUT2D eigenvalue weighted by atomic mass is 127. The first-order chi connectivity index (χ1) is 12.0. The van der Waals surface area contributed by atoms with Gasteiger partial charge in [0.2, 0.25) is 5.91 Å². The van der Waals surface area contributed by atoms with Crippen molar-refractivity contribution in [3.05, 3.63) is 16.1 Å². The molecule has 1 aromatic rings. The van der Waals surface area contributed by atoms with Gasteiger partial charge in [0.05, 0.1) is 17.2 Å². The standard InChI is InChI=1S/C18H31N5OS.HI/c1-5-16-22-15(11-25-16)10-20-18(19-4)23-14-8-6-7-13(9-14)17(24)21-12(2)3;/h11-14H,5-10H2,1-4H3,(H,21,24)(H2,19,20,23);1H. The van der Waals surface area contributed by atoms with E-state index in [4.69, 9.17) is 0 Å². The predicted molar refractivity (Wildman–Crippen MR) is 119 cm³/mol. The zero-order valence-electron chi connectivity index (χ0n) is 16.2. The Morgan fingerprint density at radius 2 is 2.19 bits per heavy atom. The fraction of sp³-hybridized carbons (Fsp3) is 0.722. The summed E-state index contributed by atoms with van der Waals surface area (Å²) in [7, 11) is 1.78. The molecule has 3 N–H and O–H groups in total. The fourth-order valence-electron chi connectivity index (χ4n) is 3.12. The molecule has 0 aromatic carbocycles. The second kappa shape index (κ2) is 11.7. The highest BCUT2D eigenvalue weighted by molar-refractivity contribution is 14.0. The third kappa shape index (κ3) is 7.38. The van der Waals surface area contributed by atoms with E-state index in [0.717, 1.165) is 48.8 Å². The number of hydrogen-bond acceptors (Lipinski definition) is 4. The average molecular weight is 493 g/mol. The van der Waals surface area contributed by atoms with E-state index >= 15 is 0 Å². The molecule has 1 aromatic heterocycles. The van der Waals surface area contributed by atoms with Crippen molar-refractivity contribution in [1.82, 2.24) is 20.9 Å². The highest BCUT2D eigenvalue weighted by Gasteiger charge is 2.27. The lowest BCUT2D eigenvalue weighted by Crippen LogP contribution is -2.47. The molecule has 0 bridgehead atoms. The first-order valence-corrected chi connectivity index (χ1v) is 10.1. The van der Waals surface area contributed by atoms with Gasteiger partial charge in [-0.25, -0.2) is 4.98 Å². The van der Waals surface area contributed by atoms with Crippen LogP contribution in [-0.4, -0.2) is 36.0 Å². The second-order valence-corrected chi connectivity index (χ2v) is 7.82. The molecule has 6 nitrogen and oxygen atoms in total. The Hall–Kier alpha value is -0.900. The number of halogens is 1. The van der Waals surface area contributed by atoms with E-state index in [2.05, 4.69) is 38.2 Å². The molecule has 0 saturated heterocycles. The number of rotatable bonds is 6. The number of guanidine groups is 1. The number of aryl methyl sites for hydroxylation is 1. The number of carbonyl (C=O) groups excluding carboxylic acids is 1. The number of aliphatic imine (C=N–C) groups is 1. The maximum absolute atomic E-state index is 12.3. The molecule has 2 unspecified atom stereocenters. The summed E-state index contributed by atoms with van der Waals surface area (Å²) in [6.45, 7) is 6.79. The van der Waals surface area contributed by atoms with Crippen LogP contribution in [0.15, 0.2) is 10.4 Å².